The molecule has 3 N–H and O–H groups in total. The standard InChI is InChI=1S/C20H16N5O2/c21-25-13-16(7-8-20(26)10-14-4-1-2-5-15(14)11-20)22-12-18(25)23-19(24-25)17-6-3-9-27-17/h1-6,9,12-13,26H,10-11,21H2/q+1. The van der Waals surface area contributed by atoms with E-state index in [1.165, 1.54) is 6.21 Å². The normalized spacial score (nSPS) is 24.3. The molecule has 0 saturated heterocycles. The molecule has 1 atom stereocenters. The average molecular weight is 358 g/mol. The Hall–Kier alpha value is -3.31. The highest BCUT2D eigenvalue weighted by Crippen LogP contribution is 2.29. The van der Waals surface area contributed by atoms with E-state index in [9.17, 15) is 5.11 Å². The molecule has 1 aromatic carbocycles. The summed E-state index contributed by atoms with van der Waals surface area (Å²) in [5, 5.41) is 15.2. The van der Waals surface area contributed by atoms with Crippen LogP contribution in [0.3, 0.4) is 0 Å². The average Bonchev–Trinajstić information content (AvgIpc) is 3.35. The highest BCUT2D eigenvalue weighted by Gasteiger charge is 2.40. The molecule has 7 nitrogen and oxygen atoms in total. The summed E-state index contributed by atoms with van der Waals surface area (Å²) in [4.78, 5) is 8.66. The monoisotopic (exact) mass is 358 g/mol. The van der Waals surface area contributed by atoms with E-state index in [1.54, 1.807) is 24.6 Å². The van der Waals surface area contributed by atoms with Crippen LogP contribution in [0.4, 0.5) is 0 Å². The van der Waals surface area contributed by atoms with Crippen LogP contribution in [0, 0.1) is 11.8 Å². The number of nitrogens with zero attached hydrogens (tertiary/aromatic N) is 4. The van der Waals surface area contributed by atoms with Gasteiger partial charge in [-0.15, -0.1) is 5.84 Å². The van der Waals surface area contributed by atoms with E-state index in [2.05, 4.69) is 26.9 Å². The molecule has 2 aliphatic heterocycles. The Balaban J connectivity index is 1.42. The van der Waals surface area contributed by atoms with Gasteiger partial charge >= 0.3 is 0 Å². The third kappa shape index (κ3) is 2.73. The van der Waals surface area contributed by atoms with Crippen LogP contribution < -0.4 is 5.84 Å². The lowest BCUT2D eigenvalue weighted by molar-refractivity contribution is -0.803. The molecule has 0 fully saturated rings. The minimum atomic E-state index is -1.10. The number of fused-ring (bicyclic) bond motifs is 2. The minimum absolute atomic E-state index is 0.373. The van der Waals surface area contributed by atoms with Crippen molar-refractivity contribution >= 4 is 17.9 Å². The molecule has 27 heavy (non-hydrogen) atoms. The van der Waals surface area contributed by atoms with Crippen LogP contribution >= 0.6 is 0 Å². The SMILES string of the molecule is N[N+]12C=C(C#CC3(O)Cc4ccccc4C3)N=CC1=NC(c1ccco1)=N2. The van der Waals surface area contributed by atoms with E-state index < -0.39 is 5.60 Å². The number of hydrogen-bond donors (Lipinski definition) is 2. The molecule has 0 radical (unpaired) electrons. The first-order valence-corrected chi connectivity index (χ1v) is 8.53. The van der Waals surface area contributed by atoms with E-state index in [1.807, 2.05) is 24.3 Å². The van der Waals surface area contributed by atoms with Crippen molar-refractivity contribution in [1.29, 1.82) is 0 Å². The zero-order valence-corrected chi connectivity index (χ0v) is 14.3. The summed E-state index contributed by atoms with van der Waals surface area (Å²) in [6.45, 7) is 0. The van der Waals surface area contributed by atoms with Gasteiger partial charge < -0.3 is 9.52 Å². The third-order valence-electron chi connectivity index (χ3n) is 4.73. The number of furan rings is 1. The molecule has 3 aliphatic rings. The predicted molar refractivity (Wildman–Crippen MR) is 100 cm³/mol. The first kappa shape index (κ1) is 15.9. The van der Waals surface area contributed by atoms with Gasteiger partial charge in [0.25, 0.3) is 11.7 Å². The Morgan fingerprint density at radius 3 is 2.63 bits per heavy atom. The molecule has 7 heteroatoms. The summed E-state index contributed by atoms with van der Waals surface area (Å²) < 4.78 is 4.95. The molecule has 2 aromatic rings. The van der Waals surface area contributed by atoms with E-state index in [0.29, 0.717) is 36.0 Å². The van der Waals surface area contributed by atoms with Gasteiger partial charge in [0.05, 0.1) is 6.26 Å². The molecule has 0 amide bonds. The molecule has 0 bridgehead atoms. The Morgan fingerprint density at radius 2 is 1.93 bits per heavy atom. The molecule has 1 unspecified atom stereocenters. The van der Waals surface area contributed by atoms with Crippen LogP contribution in [0.1, 0.15) is 16.9 Å². The number of aliphatic hydroxyl groups is 1. The van der Waals surface area contributed by atoms with Crippen molar-refractivity contribution in [3.8, 4) is 11.8 Å². The van der Waals surface area contributed by atoms with Gasteiger partial charge in [0.15, 0.2) is 17.7 Å². The van der Waals surface area contributed by atoms with Crippen LogP contribution in [0.2, 0.25) is 0 Å². The van der Waals surface area contributed by atoms with E-state index in [4.69, 9.17) is 10.3 Å². The maximum absolute atomic E-state index is 10.8. The fourth-order valence-corrected chi connectivity index (χ4v) is 3.42. The lowest BCUT2D eigenvalue weighted by Gasteiger charge is -2.18. The highest BCUT2D eigenvalue weighted by atomic mass is 16.3. The molecular formula is C20H16N5O2+. The smallest absolute Gasteiger partial charge is 0.300 e. The fraction of sp³-hybridized carbons (Fsp3) is 0.150. The summed E-state index contributed by atoms with van der Waals surface area (Å²) in [7, 11) is 0. The molecule has 0 spiro atoms. The van der Waals surface area contributed by atoms with Crippen molar-refractivity contribution in [3.63, 3.8) is 0 Å². The lowest BCUT2D eigenvalue weighted by atomic mass is 10.0. The molecular weight excluding hydrogens is 342 g/mol. The van der Waals surface area contributed by atoms with Gasteiger partial charge in [-0.1, -0.05) is 30.2 Å². The van der Waals surface area contributed by atoms with Crippen molar-refractivity contribution in [2.24, 2.45) is 20.9 Å². The minimum Gasteiger partial charge on any atom is -0.461 e. The highest BCUT2D eigenvalue weighted by molar-refractivity contribution is 6.31. The topological polar surface area (TPSA) is 96.5 Å². The second kappa shape index (κ2) is 5.59. The number of quaternary nitrogens is 1. The van der Waals surface area contributed by atoms with Crippen molar-refractivity contribution in [3.05, 3.63) is 71.4 Å². The summed E-state index contributed by atoms with van der Waals surface area (Å²) in [5.74, 6) is 13.6. The van der Waals surface area contributed by atoms with E-state index in [0.717, 1.165) is 11.1 Å². The largest absolute Gasteiger partial charge is 0.461 e. The Bertz CT molecular complexity index is 1090. The van der Waals surface area contributed by atoms with Gasteiger partial charge in [0.1, 0.15) is 11.8 Å². The van der Waals surface area contributed by atoms with Crippen molar-refractivity contribution in [2.45, 2.75) is 18.4 Å². The molecule has 5 rings (SSSR count). The zero-order chi connectivity index (χ0) is 18.5. The molecule has 1 aliphatic carbocycles. The summed E-state index contributed by atoms with van der Waals surface area (Å²) in [5.41, 5.74) is 1.59. The second-order valence-corrected chi connectivity index (χ2v) is 6.79. The summed E-state index contributed by atoms with van der Waals surface area (Å²) in [6.07, 6.45) is 5.70. The number of rotatable bonds is 1. The Labute approximate surface area is 155 Å². The molecule has 0 saturated carbocycles. The fourth-order valence-electron chi connectivity index (χ4n) is 3.42. The van der Waals surface area contributed by atoms with Crippen LogP contribution in [-0.2, 0) is 12.8 Å². The number of hydrogen-bond acceptors (Lipinski definition) is 6. The number of nitrogens with two attached hydrogens (primary N) is 1. The van der Waals surface area contributed by atoms with Crippen LogP contribution in [0.15, 0.2) is 74.1 Å². The Morgan fingerprint density at radius 1 is 1.15 bits per heavy atom. The van der Waals surface area contributed by atoms with Gasteiger partial charge in [-0.2, -0.15) is 4.99 Å². The van der Waals surface area contributed by atoms with Gasteiger partial charge in [-0.05, 0) is 39.0 Å². The molecule has 132 valence electrons. The summed E-state index contributed by atoms with van der Waals surface area (Å²) >= 11 is 0. The maximum Gasteiger partial charge on any atom is 0.300 e. The van der Waals surface area contributed by atoms with Crippen LogP contribution in [-0.4, -0.2) is 33.3 Å². The second-order valence-electron chi connectivity index (χ2n) is 6.79. The predicted octanol–water partition coefficient (Wildman–Crippen LogP) is 1.50. The zero-order valence-electron chi connectivity index (χ0n) is 14.3. The lowest BCUT2D eigenvalue weighted by Crippen LogP contribution is -2.50. The van der Waals surface area contributed by atoms with Crippen molar-refractivity contribution < 1.29 is 14.2 Å². The molecule has 1 aromatic heterocycles. The van der Waals surface area contributed by atoms with Gasteiger partial charge in [0.2, 0.25) is 0 Å². The number of benzene rings is 1. The van der Waals surface area contributed by atoms with E-state index >= 15 is 0 Å². The van der Waals surface area contributed by atoms with Gasteiger partial charge in [-0.25, -0.2) is 4.99 Å². The van der Waals surface area contributed by atoms with Crippen molar-refractivity contribution in [1.82, 2.24) is 0 Å². The number of amidine groups is 2. The maximum atomic E-state index is 10.8. The third-order valence-corrected chi connectivity index (χ3v) is 4.73. The van der Waals surface area contributed by atoms with Crippen molar-refractivity contribution in [2.75, 3.05) is 0 Å². The first-order chi connectivity index (χ1) is 13.0. The first-order valence-electron chi connectivity index (χ1n) is 8.53. The Kier molecular flexibility index (Phi) is 3.29. The quantitative estimate of drug-likeness (QED) is 0.459. The van der Waals surface area contributed by atoms with Gasteiger partial charge in [-0.3, -0.25) is 0 Å². The van der Waals surface area contributed by atoms with E-state index in [-0.39, 0.29) is 4.70 Å². The molecule has 3 heterocycles. The number of aliphatic imine (C=N–C) groups is 2. The number of allylic oxidation sites excluding steroid dienone is 1. The van der Waals surface area contributed by atoms with Crippen LogP contribution in [0.5, 0.6) is 0 Å². The summed E-state index contributed by atoms with van der Waals surface area (Å²) in [6, 6.07) is 11.5. The van der Waals surface area contributed by atoms with Crippen LogP contribution in [0.25, 0.3) is 0 Å². The van der Waals surface area contributed by atoms with Gasteiger partial charge in [0, 0.05) is 12.8 Å².